The fourth-order valence-electron chi connectivity index (χ4n) is 1.62. The first-order chi connectivity index (χ1) is 9.44. The number of aryl methyl sites for hydroxylation is 1. The Morgan fingerprint density at radius 2 is 1.75 bits per heavy atom. The summed E-state index contributed by atoms with van der Waals surface area (Å²) >= 11 is 0. The van der Waals surface area contributed by atoms with E-state index in [1.54, 1.807) is 0 Å². The second kappa shape index (κ2) is 8.01. The number of hydrogen-bond acceptors (Lipinski definition) is 6. The van der Waals surface area contributed by atoms with Gasteiger partial charge in [-0.2, -0.15) is 0 Å². The van der Waals surface area contributed by atoms with Crippen molar-refractivity contribution in [2.24, 2.45) is 0 Å². The van der Waals surface area contributed by atoms with E-state index in [-0.39, 0.29) is 0 Å². The van der Waals surface area contributed by atoms with Gasteiger partial charge in [-0.05, 0) is 13.3 Å². The zero-order chi connectivity index (χ0) is 15.0. The summed E-state index contributed by atoms with van der Waals surface area (Å²) in [6.45, 7) is 5.67. The standard InChI is InChI=1S/C12H23N5O2S/c1-4-6-10-16-11(13-5-2)9-12(17-10)14-7-8-15-20(3,18)19/h9,15H,4-8H2,1-3H3,(H2,13,14,16,17). The molecule has 0 amide bonds. The van der Waals surface area contributed by atoms with Gasteiger partial charge in [0, 0.05) is 32.1 Å². The van der Waals surface area contributed by atoms with E-state index in [0.717, 1.165) is 37.3 Å². The van der Waals surface area contributed by atoms with E-state index in [2.05, 4.69) is 32.2 Å². The molecule has 0 spiro atoms. The van der Waals surface area contributed by atoms with Crippen molar-refractivity contribution >= 4 is 21.7 Å². The van der Waals surface area contributed by atoms with Crippen LogP contribution in [-0.2, 0) is 16.4 Å². The molecule has 7 nitrogen and oxygen atoms in total. The Morgan fingerprint density at radius 3 is 2.30 bits per heavy atom. The Hall–Kier alpha value is -1.41. The maximum absolute atomic E-state index is 10.9. The largest absolute Gasteiger partial charge is 0.370 e. The molecule has 0 saturated carbocycles. The lowest BCUT2D eigenvalue weighted by Crippen LogP contribution is -2.27. The van der Waals surface area contributed by atoms with Crippen LogP contribution in [0.1, 0.15) is 26.1 Å². The van der Waals surface area contributed by atoms with E-state index in [9.17, 15) is 8.42 Å². The minimum absolute atomic E-state index is 0.322. The molecule has 0 unspecified atom stereocenters. The minimum Gasteiger partial charge on any atom is -0.370 e. The number of nitrogens with one attached hydrogen (secondary N) is 3. The number of sulfonamides is 1. The summed E-state index contributed by atoms with van der Waals surface area (Å²) in [5.41, 5.74) is 0. The normalized spacial score (nSPS) is 11.3. The first-order valence-electron chi connectivity index (χ1n) is 6.75. The van der Waals surface area contributed by atoms with E-state index < -0.39 is 10.0 Å². The van der Waals surface area contributed by atoms with Crippen LogP contribution in [0.5, 0.6) is 0 Å². The lowest BCUT2D eigenvalue weighted by atomic mass is 10.3. The third kappa shape index (κ3) is 6.67. The summed E-state index contributed by atoms with van der Waals surface area (Å²) in [5, 5.41) is 6.26. The van der Waals surface area contributed by atoms with Crippen molar-refractivity contribution in [1.29, 1.82) is 0 Å². The summed E-state index contributed by atoms with van der Waals surface area (Å²) in [6.07, 6.45) is 2.93. The molecule has 8 heteroatoms. The highest BCUT2D eigenvalue weighted by atomic mass is 32.2. The lowest BCUT2D eigenvalue weighted by Gasteiger charge is -2.10. The summed E-state index contributed by atoms with van der Waals surface area (Å²) in [6, 6.07) is 1.82. The molecule has 0 radical (unpaired) electrons. The summed E-state index contributed by atoms with van der Waals surface area (Å²) < 4.78 is 24.3. The first-order valence-corrected chi connectivity index (χ1v) is 8.64. The SMILES string of the molecule is CCCc1nc(NCC)cc(NCCNS(C)(=O)=O)n1. The Balaban J connectivity index is 2.63. The van der Waals surface area contributed by atoms with Crippen molar-refractivity contribution in [2.45, 2.75) is 26.7 Å². The van der Waals surface area contributed by atoms with Gasteiger partial charge < -0.3 is 10.6 Å². The lowest BCUT2D eigenvalue weighted by molar-refractivity contribution is 0.589. The number of anilines is 2. The first kappa shape index (κ1) is 16.6. The Bertz CT molecular complexity index is 494. The van der Waals surface area contributed by atoms with Crippen LogP contribution >= 0.6 is 0 Å². The van der Waals surface area contributed by atoms with Crippen LogP contribution in [0, 0.1) is 0 Å². The predicted molar refractivity (Wildman–Crippen MR) is 81.5 cm³/mol. The maximum atomic E-state index is 10.9. The van der Waals surface area contributed by atoms with Crippen LogP contribution in [-0.4, -0.2) is 44.3 Å². The van der Waals surface area contributed by atoms with Crippen molar-refractivity contribution in [3.8, 4) is 0 Å². The van der Waals surface area contributed by atoms with Crippen LogP contribution < -0.4 is 15.4 Å². The number of nitrogens with zero attached hydrogens (tertiary/aromatic N) is 2. The van der Waals surface area contributed by atoms with Gasteiger partial charge in [0.25, 0.3) is 0 Å². The highest BCUT2D eigenvalue weighted by Gasteiger charge is 2.04. The molecular formula is C12H23N5O2S. The van der Waals surface area contributed by atoms with Crippen LogP contribution in [0.2, 0.25) is 0 Å². The van der Waals surface area contributed by atoms with Crippen LogP contribution in [0.15, 0.2) is 6.07 Å². The molecule has 0 aromatic carbocycles. The second-order valence-corrected chi connectivity index (χ2v) is 6.26. The summed E-state index contributed by atoms with van der Waals surface area (Å²) in [7, 11) is -3.15. The van der Waals surface area contributed by atoms with Crippen molar-refractivity contribution in [2.75, 3.05) is 36.5 Å². The zero-order valence-electron chi connectivity index (χ0n) is 12.2. The molecule has 0 aliphatic rings. The van der Waals surface area contributed by atoms with Crippen molar-refractivity contribution in [1.82, 2.24) is 14.7 Å². The Morgan fingerprint density at radius 1 is 1.10 bits per heavy atom. The molecule has 0 saturated heterocycles. The van der Waals surface area contributed by atoms with Crippen LogP contribution in [0.4, 0.5) is 11.6 Å². The molecule has 20 heavy (non-hydrogen) atoms. The van der Waals surface area contributed by atoms with E-state index in [0.29, 0.717) is 18.9 Å². The fourth-order valence-corrected chi connectivity index (χ4v) is 2.09. The molecule has 0 aliphatic carbocycles. The topological polar surface area (TPSA) is 96.0 Å². The second-order valence-electron chi connectivity index (χ2n) is 4.43. The molecule has 114 valence electrons. The van der Waals surface area contributed by atoms with Gasteiger partial charge in [-0.3, -0.25) is 0 Å². The number of hydrogen-bond donors (Lipinski definition) is 3. The third-order valence-corrected chi connectivity index (χ3v) is 3.13. The quantitative estimate of drug-likeness (QED) is 0.585. The fraction of sp³-hybridized carbons (Fsp3) is 0.667. The van der Waals surface area contributed by atoms with Gasteiger partial charge in [-0.25, -0.2) is 23.1 Å². The van der Waals surface area contributed by atoms with Gasteiger partial charge in [0.1, 0.15) is 17.5 Å². The van der Waals surface area contributed by atoms with Gasteiger partial charge in [0.2, 0.25) is 10.0 Å². The van der Waals surface area contributed by atoms with Crippen LogP contribution in [0.3, 0.4) is 0 Å². The minimum atomic E-state index is -3.15. The highest BCUT2D eigenvalue weighted by Crippen LogP contribution is 2.12. The van der Waals surface area contributed by atoms with Crippen molar-refractivity contribution < 1.29 is 8.42 Å². The van der Waals surface area contributed by atoms with Gasteiger partial charge in [0.15, 0.2) is 0 Å². The van der Waals surface area contributed by atoms with Gasteiger partial charge in [0.05, 0.1) is 6.26 Å². The molecule has 1 aromatic heterocycles. The van der Waals surface area contributed by atoms with E-state index in [1.807, 2.05) is 13.0 Å². The Labute approximate surface area is 120 Å². The van der Waals surface area contributed by atoms with E-state index >= 15 is 0 Å². The summed E-state index contributed by atoms with van der Waals surface area (Å²) in [5.74, 6) is 2.27. The van der Waals surface area contributed by atoms with Crippen molar-refractivity contribution in [3.05, 3.63) is 11.9 Å². The molecule has 0 bridgehead atoms. The van der Waals surface area contributed by atoms with E-state index in [4.69, 9.17) is 0 Å². The summed E-state index contributed by atoms with van der Waals surface area (Å²) in [4.78, 5) is 8.81. The number of rotatable bonds is 9. The molecule has 1 aromatic rings. The van der Waals surface area contributed by atoms with Crippen molar-refractivity contribution in [3.63, 3.8) is 0 Å². The van der Waals surface area contributed by atoms with Gasteiger partial charge in [-0.15, -0.1) is 0 Å². The molecule has 1 heterocycles. The molecule has 0 atom stereocenters. The average molecular weight is 301 g/mol. The molecule has 0 aliphatic heterocycles. The van der Waals surface area contributed by atoms with Gasteiger partial charge in [-0.1, -0.05) is 6.92 Å². The molecule has 0 fully saturated rings. The zero-order valence-corrected chi connectivity index (χ0v) is 13.0. The highest BCUT2D eigenvalue weighted by molar-refractivity contribution is 7.88. The molecule has 1 rings (SSSR count). The average Bonchev–Trinajstić information content (AvgIpc) is 2.34. The van der Waals surface area contributed by atoms with Gasteiger partial charge >= 0.3 is 0 Å². The number of aromatic nitrogens is 2. The molecular weight excluding hydrogens is 278 g/mol. The third-order valence-electron chi connectivity index (χ3n) is 2.40. The van der Waals surface area contributed by atoms with E-state index in [1.165, 1.54) is 0 Å². The molecule has 3 N–H and O–H groups in total. The maximum Gasteiger partial charge on any atom is 0.208 e. The smallest absolute Gasteiger partial charge is 0.208 e. The Kier molecular flexibility index (Phi) is 6.66. The predicted octanol–water partition coefficient (Wildman–Crippen LogP) is 0.822. The monoisotopic (exact) mass is 301 g/mol. The van der Waals surface area contributed by atoms with Crippen LogP contribution in [0.25, 0.3) is 0 Å².